The summed E-state index contributed by atoms with van der Waals surface area (Å²) in [6, 6.07) is 4.02. The smallest absolute Gasteiger partial charge is 0.322 e. The normalized spacial score (nSPS) is 24.9. The van der Waals surface area contributed by atoms with Crippen molar-refractivity contribution in [2.75, 3.05) is 18.0 Å². The first kappa shape index (κ1) is 12.5. The van der Waals surface area contributed by atoms with Crippen molar-refractivity contribution >= 4 is 38.6 Å². The van der Waals surface area contributed by atoms with Gasteiger partial charge in [0, 0.05) is 6.54 Å². The van der Waals surface area contributed by atoms with Gasteiger partial charge < -0.3 is 10.2 Å². The van der Waals surface area contributed by atoms with Crippen LogP contribution < -0.4 is 15.5 Å². The number of carbonyl (C=O) groups excluding carboxylic acids is 2. The lowest BCUT2D eigenvalue weighted by Crippen LogP contribution is -2.49. The van der Waals surface area contributed by atoms with Crippen molar-refractivity contribution < 1.29 is 14.0 Å². The molecule has 21 heavy (non-hydrogen) atoms. The molecule has 6 nitrogen and oxygen atoms in total. The third-order valence-corrected chi connectivity index (χ3v) is 4.97. The number of hydrogen-bond acceptors (Lipinski definition) is 5. The summed E-state index contributed by atoms with van der Waals surface area (Å²) >= 11 is 1.38. The summed E-state index contributed by atoms with van der Waals surface area (Å²) in [4.78, 5) is 29.7. The van der Waals surface area contributed by atoms with E-state index in [4.69, 9.17) is 0 Å². The maximum absolute atomic E-state index is 13.2. The number of hydrogen-bond donors (Lipinski definition) is 2. The molecule has 0 radical (unpaired) electrons. The molecule has 4 rings (SSSR count). The van der Waals surface area contributed by atoms with Crippen LogP contribution in [0.25, 0.3) is 10.2 Å². The van der Waals surface area contributed by atoms with Gasteiger partial charge in [0.2, 0.25) is 0 Å². The number of anilines is 1. The Bertz CT molecular complexity index is 777. The van der Waals surface area contributed by atoms with E-state index in [0.717, 1.165) is 15.3 Å². The molecule has 2 aliphatic rings. The molecule has 3 heterocycles. The number of nitrogens with one attached hydrogen (secondary N) is 2. The second kappa shape index (κ2) is 4.14. The van der Waals surface area contributed by atoms with Crippen LogP contribution in [0.4, 0.5) is 14.3 Å². The van der Waals surface area contributed by atoms with Gasteiger partial charge in [-0.3, -0.25) is 10.1 Å². The van der Waals surface area contributed by atoms with Gasteiger partial charge in [-0.25, -0.2) is 14.2 Å². The lowest BCUT2D eigenvalue weighted by molar-refractivity contribution is -0.123. The molecule has 1 aromatic carbocycles. The Balaban J connectivity index is 1.65. The van der Waals surface area contributed by atoms with Crippen molar-refractivity contribution in [1.29, 1.82) is 0 Å². The highest BCUT2D eigenvalue weighted by molar-refractivity contribution is 7.22. The highest BCUT2D eigenvalue weighted by Crippen LogP contribution is 2.34. The number of fused-ring (bicyclic) bond motifs is 1. The molecule has 2 aromatic rings. The van der Waals surface area contributed by atoms with Gasteiger partial charge in [-0.05, 0) is 24.6 Å². The topological polar surface area (TPSA) is 74.3 Å². The molecule has 0 aliphatic carbocycles. The Morgan fingerprint density at radius 2 is 2.24 bits per heavy atom. The number of halogens is 1. The molecule has 1 aromatic heterocycles. The maximum atomic E-state index is 13.2. The number of nitrogens with zero attached hydrogens (tertiary/aromatic N) is 2. The van der Waals surface area contributed by atoms with Gasteiger partial charge in [-0.2, -0.15) is 0 Å². The summed E-state index contributed by atoms with van der Waals surface area (Å²) in [5.41, 5.74) is -0.127. The van der Waals surface area contributed by atoms with Crippen LogP contribution in [-0.4, -0.2) is 35.6 Å². The molecule has 3 amide bonds. The molecule has 8 heteroatoms. The Labute approximate surface area is 122 Å². The minimum absolute atomic E-state index is 0.290. The van der Waals surface area contributed by atoms with Crippen molar-refractivity contribution in [3.05, 3.63) is 24.0 Å². The number of aromatic nitrogens is 1. The fourth-order valence-electron chi connectivity index (χ4n) is 2.81. The number of benzene rings is 1. The van der Waals surface area contributed by atoms with Crippen LogP contribution in [0.3, 0.4) is 0 Å². The van der Waals surface area contributed by atoms with Crippen molar-refractivity contribution in [3.8, 4) is 0 Å². The SMILES string of the molecule is O=C1NC(=O)C2(CCN(c3nc4ccc(F)cc4s3)C2)N1. The van der Waals surface area contributed by atoms with Crippen LogP contribution >= 0.6 is 11.3 Å². The standard InChI is InChI=1S/C13H11FN4O2S/c14-7-1-2-8-9(5-7)21-12(15-8)18-4-3-13(6-18)10(19)16-11(20)17-13/h1-2,5H,3-4,6H2,(H2,16,17,19,20). The number of thiazole rings is 1. The Morgan fingerprint density at radius 1 is 1.38 bits per heavy atom. The van der Waals surface area contributed by atoms with Gasteiger partial charge in [-0.1, -0.05) is 11.3 Å². The fraction of sp³-hybridized carbons (Fsp3) is 0.308. The first-order valence-electron chi connectivity index (χ1n) is 6.50. The van der Waals surface area contributed by atoms with Crippen LogP contribution in [0.2, 0.25) is 0 Å². The quantitative estimate of drug-likeness (QED) is 0.777. The van der Waals surface area contributed by atoms with E-state index < -0.39 is 11.6 Å². The molecule has 0 saturated carbocycles. The number of carbonyl (C=O) groups is 2. The zero-order valence-electron chi connectivity index (χ0n) is 10.9. The van der Waals surface area contributed by atoms with Gasteiger partial charge in [0.25, 0.3) is 5.91 Å². The van der Waals surface area contributed by atoms with Gasteiger partial charge in [0.05, 0.1) is 16.8 Å². The first-order chi connectivity index (χ1) is 10.1. The third kappa shape index (κ3) is 1.86. The molecule has 0 bridgehead atoms. The van der Waals surface area contributed by atoms with E-state index in [1.165, 1.54) is 23.5 Å². The summed E-state index contributed by atoms with van der Waals surface area (Å²) in [6.45, 7) is 1.00. The van der Waals surface area contributed by atoms with Crippen molar-refractivity contribution in [3.63, 3.8) is 0 Å². The predicted molar refractivity (Wildman–Crippen MR) is 75.8 cm³/mol. The summed E-state index contributed by atoms with van der Waals surface area (Å²) in [7, 11) is 0. The van der Waals surface area contributed by atoms with Gasteiger partial charge in [-0.15, -0.1) is 0 Å². The molecular weight excluding hydrogens is 295 g/mol. The van der Waals surface area contributed by atoms with E-state index in [1.54, 1.807) is 6.07 Å². The lowest BCUT2D eigenvalue weighted by Gasteiger charge is -2.20. The third-order valence-electron chi connectivity index (χ3n) is 3.89. The Morgan fingerprint density at radius 3 is 3.00 bits per heavy atom. The van der Waals surface area contributed by atoms with E-state index in [0.29, 0.717) is 19.5 Å². The molecule has 2 fully saturated rings. The first-order valence-corrected chi connectivity index (χ1v) is 7.32. The Hall–Kier alpha value is -2.22. The van der Waals surface area contributed by atoms with Gasteiger partial charge in [0.15, 0.2) is 5.13 Å². The van der Waals surface area contributed by atoms with Crippen molar-refractivity contribution in [2.45, 2.75) is 12.0 Å². The van der Waals surface area contributed by atoms with Crippen molar-refractivity contribution in [1.82, 2.24) is 15.6 Å². The van der Waals surface area contributed by atoms with Crippen LogP contribution in [0, 0.1) is 5.82 Å². The number of rotatable bonds is 1. The summed E-state index contributed by atoms with van der Waals surface area (Å²) in [6.07, 6.45) is 0.537. The van der Waals surface area contributed by atoms with E-state index in [-0.39, 0.29) is 11.7 Å². The maximum Gasteiger partial charge on any atom is 0.322 e. The minimum Gasteiger partial charge on any atom is -0.345 e. The predicted octanol–water partition coefficient (Wildman–Crippen LogP) is 1.22. The zero-order chi connectivity index (χ0) is 14.6. The number of urea groups is 1. The molecule has 2 aliphatic heterocycles. The molecule has 2 N–H and O–H groups in total. The summed E-state index contributed by atoms with van der Waals surface area (Å²) < 4.78 is 14.0. The average Bonchev–Trinajstić information content (AvgIpc) is 3.08. The monoisotopic (exact) mass is 306 g/mol. The van der Waals surface area contributed by atoms with E-state index in [9.17, 15) is 14.0 Å². The zero-order valence-corrected chi connectivity index (χ0v) is 11.7. The summed E-state index contributed by atoms with van der Waals surface area (Å²) in [5.74, 6) is -0.583. The Kier molecular flexibility index (Phi) is 2.47. The van der Waals surface area contributed by atoms with E-state index in [2.05, 4.69) is 15.6 Å². The molecule has 2 saturated heterocycles. The number of imide groups is 1. The molecule has 1 atom stereocenters. The molecule has 1 unspecified atom stereocenters. The molecule has 108 valence electrons. The molecule has 1 spiro atoms. The highest BCUT2D eigenvalue weighted by atomic mass is 32.1. The van der Waals surface area contributed by atoms with Crippen LogP contribution in [0.15, 0.2) is 18.2 Å². The largest absolute Gasteiger partial charge is 0.345 e. The second-order valence-electron chi connectivity index (χ2n) is 5.27. The summed E-state index contributed by atoms with van der Waals surface area (Å²) in [5, 5.41) is 5.71. The minimum atomic E-state index is -0.861. The van der Waals surface area contributed by atoms with Crippen LogP contribution in [-0.2, 0) is 4.79 Å². The van der Waals surface area contributed by atoms with Crippen LogP contribution in [0.5, 0.6) is 0 Å². The van der Waals surface area contributed by atoms with Gasteiger partial charge >= 0.3 is 6.03 Å². The van der Waals surface area contributed by atoms with Crippen molar-refractivity contribution in [2.24, 2.45) is 0 Å². The average molecular weight is 306 g/mol. The highest BCUT2D eigenvalue weighted by Gasteiger charge is 2.51. The number of amides is 3. The van der Waals surface area contributed by atoms with E-state index in [1.807, 2.05) is 4.90 Å². The lowest BCUT2D eigenvalue weighted by atomic mass is 10.00. The van der Waals surface area contributed by atoms with Gasteiger partial charge in [0.1, 0.15) is 11.4 Å². The molecular formula is C13H11FN4O2S. The van der Waals surface area contributed by atoms with Crippen LogP contribution in [0.1, 0.15) is 6.42 Å². The van der Waals surface area contributed by atoms with E-state index >= 15 is 0 Å². The fourth-order valence-corrected chi connectivity index (χ4v) is 3.83. The second-order valence-corrected chi connectivity index (χ2v) is 6.28.